The van der Waals surface area contributed by atoms with Crippen molar-refractivity contribution in [2.75, 3.05) is 0 Å². The van der Waals surface area contributed by atoms with Crippen molar-refractivity contribution in [2.24, 2.45) is 0 Å². The first kappa shape index (κ1) is 9.24. The molecule has 0 atom stereocenters. The number of nitrogens with zero attached hydrogens (tertiary/aromatic N) is 1. The van der Waals surface area contributed by atoms with Crippen molar-refractivity contribution in [3.63, 3.8) is 0 Å². The standard InChI is InChI=1S/C9H6BrNS2/c10-7-3-1-6(2-4-7)9-11-8(12)5-13-9/h1-5,12H. The van der Waals surface area contributed by atoms with Crippen LogP contribution < -0.4 is 0 Å². The van der Waals surface area contributed by atoms with Gasteiger partial charge in [-0.1, -0.05) is 28.1 Å². The van der Waals surface area contributed by atoms with E-state index in [1.807, 2.05) is 29.6 Å². The number of benzene rings is 1. The second kappa shape index (κ2) is 3.82. The van der Waals surface area contributed by atoms with Gasteiger partial charge >= 0.3 is 0 Å². The number of thiazole rings is 1. The highest BCUT2D eigenvalue weighted by Crippen LogP contribution is 2.25. The minimum absolute atomic E-state index is 0.780. The molecule has 0 amide bonds. The molecule has 2 rings (SSSR count). The van der Waals surface area contributed by atoms with Crippen LogP contribution >= 0.6 is 39.9 Å². The van der Waals surface area contributed by atoms with Gasteiger partial charge < -0.3 is 0 Å². The second-order valence-electron chi connectivity index (χ2n) is 2.52. The van der Waals surface area contributed by atoms with Crippen molar-refractivity contribution in [2.45, 2.75) is 5.03 Å². The van der Waals surface area contributed by atoms with E-state index in [-0.39, 0.29) is 0 Å². The first-order valence-corrected chi connectivity index (χ1v) is 5.78. The van der Waals surface area contributed by atoms with Crippen LogP contribution in [-0.2, 0) is 0 Å². The van der Waals surface area contributed by atoms with Crippen LogP contribution in [0, 0.1) is 0 Å². The average molecular weight is 272 g/mol. The SMILES string of the molecule is Sc1csc(-c2ccc(Br)cc2)n1. The van der Waals surface area contributed by atoms with Gasteiger partial charge in [-0.05, 0) is 12.1 Å². The highest BCUT2D eigenvalue weighted by molar-refractivity contribution is 9.10. The Labute approximate surface area is 94.4 Å². The van der Waals surface area contributed by atoms with E-state index in [9.17, 15) is 0 Å². The van der Waals surface area contributed by atoms with Crippen LogP contribution in [0.4, 0.5) is 0 Å². The quantitative estimate of drug-likeness (QED) is 0.778. The lowest BCUT2D eigenvalue weighted by Gasteiger charge is -1.94. The monoisotopic (exact) mass is 271 g/mol. The summed E-state index contributed by atoms with van der Waals surface area (Å²) in [5, 5.41) is 3.72. The van der Waals surface area contributed by atoms with Crippen LogP contribution in [0.15, 0.2) is 39.1 Å². The Balaban J connectivity index is 2.41. The van der Waals surface area contributed by atoms with Crippen LogP contribution in [0.3, 0.4) is 0 Å². The van der Waals surface area contributed by atoms with Crippen molar-refractivity contribution in [1.29, 1.82) is 0 Å². The molecule has 0 aliphatic heterocycles. The van der Waals surface area contributed by atoms with Crippen molar-refractivity contribution in [3.05, 3.63) is 34.1 Å². The van der Waals surface area contributed by atoms with E-state index in [2.05, 4.69) is 33.5 Å². The fraction of sp³-hybridized carbons (Fsp3) is 0. The maximum atomic E-state index is 4.28. The molecule has 0 N–H and O–H groups in total. The topological polar surface area (TPSA) is 12.9 Å². The molecule has 1 aromatic heterocycles. The molecule has 0 radical (unpaired) electrons. The highest BCUT2D eigenvalue weighted by atomic mass is 79.9. The van der Waals surface area contributed by atoms with E-state index in [0.717, 1.165) is 20.1 Å². The third kappa shape index (κ3) is 2.13. The van der Waals surface area contributed by atoms with Gasteiger partial charge in [-0.15, -0.1) is 24.0 Å². The molecule has 66 valence electrons. The molecule has 0 unspecified atom stereocenters. The van der Waals surface area contributed by atoms with Crippen molar-refractivity contribution in [3.8, 4) is 10.6 Å². The lowest BCUT2D eigenvalue weighted by atomic mass is 10.2. The summed E-state index contributed by atoms with van der Waals surface area (Å²) in [6, 6.07) is 8.09. The summed E-state index contributed by atoms with van der Waals surface area (Å²) in [4.78, 5) is 4.28. The molecule has 0 bridgehead atoms. The zero-order valence-corrected chi connectivity index (χ0v) is 9.86. The van der Waals surface area contributed by atoms with E-state index < -0.39 is 0 Å². The largest absolute Gasteiger partial charge is 0.230 e. The highest BCUT2D eigenvalue weighted by Gasteiger charge is 2.01. The molecule has 2 aromatic rings. The van der Waals surface area contributed by atoms with Gasteiger partial charge in [0, 0.05) is 15.4 Å². The van der Waals surface area contributed by atoms with E-state index in [1.165, 1.54) is 0 Å². The lowest BCUT2D eigenvalue weighted by molar-refractivity contribution is 1.22. The van der Waals surface area contributed by atoms with E-state index in [4.69, 9.17) is 0 Å². The van der Waals surface area contributed by atoms with E-state index in [0.29, 0.717) is 0 Å². The second-order valence-corrected chi connectivity index (χ2v) is 4.75. The van der Waals surface area contributed by atoms with Gasteiger partial charge in [-0.3, -0.25) is 0 Å². The molecule has 0 aliphatic rings. The van der Waals surface area contributed by atoms with Crippen molar-refractivity contribution in [1.82, 2.24) is 4.98 Å². The van der Waals surface area contributed by atoms with Gasteiger partial charge in [0.05, 0.1) is 0 Å². The molecular weight excluding hydrogens is 266 g/mol. The maximum absolute atomic E-state index is 4.28. The Kier molecular flexibility index (Phi) is 2.71. The van der Waals surface area contributed by atoms with Crippen LogP contribution in [0.2, 0.25) is 0 Å². The zero-order valence-electron chi connectivity index (χ0n) is 6.57. The summed E-state index contributed by atoms with van der Waals surface area (Å²) in [7, 11) is 0. The number of hydrogen-bond acceptors (Lipinski definition) is 3. The van der Waals surface area contributed by atoms with Crippen LogP contribution in [-0.4, -0.2) is 4.98 Å². The van der Waals surface area contributed by atoms with Gasteiger partial charge in [0.25, 0.3) is 0 Å². The fourth-order valence-electron chi connectivity index (χ4n) is 0.990. The molecule has 1 aromatic carbocycles. The maximum Gasteiger partial charge on any atom is 0.124 e. The number of halogens is 1. The Hall–Kier alpha value is -0.320. The molecule has 13 heavy (non-hydrogen) atoms. The zero-order chi connectivity index (χ0) is 9.26. The smallest absolute Gasteiger partial charge is 0.124 e. The van der Waals surface area contributed by atoms with Crippen molar-refractivity contribution < 1.29 is 0 Å². The van der Waals surface area contributed by atoms with Gasteiger partial charge in [-0.25, -0.2) is 4.98 Å². The molecule has 0 saturated heterocycles. The molecule has 0 saturated carbocycles. The Morgan fingerprint density at radius 2 is 1.92 bits per heavy atom. The lowest BCUT2D eigenvalue weighted by Crippen LogP contribution is -1.74. The van der Waals surface area contributed by atoms with Crippen LogP contribution in [0.25, 0.3) is 10.6 Å². The Bertz CT molecular complexity index is 408. The van der Waals surface area contributed by atoms with Crippen LogP contribution in [0.1, 0.15) is 0 Å². The molecule has 0 spiro atoms. The fourth-order valence-corrected chi connectivity index (χ4v) is 2.27. The summed E-state index contributed by atoms with van der Waals surface area (Å²) in [6.45, 7) is 0. The molecular formula is C9H6BrNS2. The minimum atomic E-state index is 0.780. The summed E-state index contributed by atoms with van der Waals surface area (Å²) < 4.78 is 1.08. The molecule has 0 fully saturated rings. The van der Waals surface area contributed by atoms with Crippen LogP contribution in [0.5, 0.6) is 0 Å². The van der Waals surface area contributed by atoms with Gasteiger partial charge in [-0.2, -0.15) is 0 Å². The minimum Gasteiger partial charge on any atom is -0.230 e. The third-order valence-electron chi connectivity index (χ3n) is 1.58. The molecule has 4 heteroatoms. The number of rotatable bonds is 1. The molecule has 0 aliphatic carbocycles. The first-order valence-electron chi connectivity index (χ1n) is 3.66. The number of aromatic nitrogens is 1. The summed E-state index contributed by atoms with van der Waals surface area (Å²) in [5.74, 6) is 0. The Morgan fingerprint density at radius 1 is 1.23 bits per heavy atom. The van der Waals surface area contributed by atoms with Gasteiger partial charge in [0.15, 0.2) is 0 Å². The summed E-state index contributed by atoms with van der Waals surface area (Å²) in [6.07, 6.45) is 0. The molecule has 1 heterocycles. The first-order chi connectivity index (χ1) is 6.25. The van der Waals surface area contributed by atoms with Crippen molar-refractivity contribution >= 4 is 39.9 Å². The average Bonchev–Trinajstić information content (AvgIpc) is 2.53. The Morgan fingerprint density at radius 3 is 2.46 bits per heavy atom. The third-order valence-corrected chi connectivity index (χ3v) is 3.41. The van der Waals surface area contributed by atoms with E-state index in [1.54, 1.807) is 11.3 Å². The predicted octanol–water partition coefficient (Wildman–Crippen LogP) is 3.86. The summed E-state index contributed by atoms with van der Waals surface area (Å²) >= 11 is 9.16. The number of hydrogen-bond donors (Lipinski definition) is 1. The summed E-state index contributed by atoms with van der Waals surface area (Å²) in [5.41, 5.74) is 1.13. The predicted molar refractivity (Wildman–Crippen MR) is 62.5 cm³/mol. The normalized spacial score (nSPS) is 10.3. The van der Waals surface area contributed by atoms with Gasteiger partial charge in [0.2, 0.25) is 0 Å². The molecule has 1 nitrogen and oxygen atoms in total. The van der Waals surface area contributed by atoms with Gasteiger partial charge in [0.1, 0.15) is 10.0 Å². The number of thiol groups is 1. The van der Waals surface area contributed by atoms with E-state index >= 15 is 0 Å².